The van der Waals surface area contributed by atoms with Gasteiger partial charge in [0.25, 0.3) is 0 Å². The molecule has 1 heterocycles. The van der Waals surface area contributed by atoms with Gasteiger partial charge in [-0.2, -0.15) is 0 Å². The molecule has 1 aliphatic carbocycles. The molecule has 2 unspecified atom stereocenters. The molecule has 0 bridgehead atoms. The molecular formula is C14H23NO. The summed E-state index contributed by atoms with van der Waals surface area (Å²) in [6.07, 6.45) is 14.8. The fourth-order valence-electron chi connectivity index (χ4n) is 2.97. The molecule has 0 aromatic rings. The number of nitrogens with one attached hydrogen (secondary N) is 1. The average molecular weight is 221 g/mol. The van der Waals surface area contributed by atoms with Gasteiger partial charge < -0.3 is 10.1 Å². The molecule has 1 spiro atoms. The lowest BCUT2D eigenvalue weighted by Gasteiger charge is -2.33. The molecule has 2 nitrogen and oxygen atoms in total. The van der Waals surface area contributed by atoms with Crippen molar-refractivity contribution in [3.63, 3.8) is 0 Å². The molecule has 2 rings (SSSR count). The summed E-state index contributed by atoms with van der Waals surface area (Å²) in [7, 11) is 0. The zero-order valence-electron chi connectivity index (χ0n) is 10.3. The molecule has 0 aromatic carbocycles. The van der Waals surface area contributed by atoms with Crippen LogP contribution in [-0.2, 0) is 4.74 Å². The fourth-order valence-corrected chi connectivity index (χ4v) is 2.97. The van der Waals surface area contributed by atoms with Crippen molar-refractivity contribution >= 4 is 0 Å². The van der Waals surface area contributed by atoms with E-state index in [1.807, 2.05) is 6.92 Å². The van der Waals surface area contributed by atoms with Gasteiger partial charge in [0, 0.05) is 6.54 Å². The maximum atomic E-state index is 6.25. The van der Waals surface area contributed by atoms with E-state index in [-0.39, 0.29) is 11.6 Å². The van der Waals surface area contributed by atoms with Crippen LogP contribution in [0.3, 0.4) is 0 Å². The standard InChI is InChI=1S/C14H23NO/c1-3-12(2)15-11-13-7-10-14(16-13)8-5-4-6-9-14/h1,12-13,15H,4-11H2,2H3. The summed E-state index contributed by atoms with van der Waals surface area (Å²) in [5, 5.41) is 3.34. The van der Waals surface area contributed by atoms with E-state index in [2.05, 4.69) is 11.2 Å². The van der Waals surface area contributed by atoms with E-state index in [0.29, 0.717) is 6.10 Å². The molecule has 16 heavy (non-hydrogen) atoms. The summed E-state index contributed by atoms with van der Waals surface area (Å²) in [4.78, 5) is 0. The van der Waals surface area contributed by atoms with E-state index in [4.69, 9.17) is 11.2 Å². The van der Waals surface area contributed by atoms with E-state index in [1.165, 1.54) is 44.9 Å². The number of hydrogen-bond donors (Lipinski definition) is 1. The van der Waals surface area contributed by atoms with Gasteiger partial charge in [-0.15, -0.1) is 6.42 Å². The predicted octanol–water partition coefficient (Wildman–Crippen LogP) is 2.48. The number of ether oxygens (including phenoxy) is 1. The van der Waals surface area contributed by atoms with Crippen LogP contribution < -0.4 is 5.32 Å². The van der Waals surface area contributed by atoms with Crippen molar-refractivity contribution in [2.75, 3.05) is 6.54 Å². The Labute approximate surface area is 99.1 Å². The lowest BCUT2D eigenvalue weighted by atomic mass is 9.83. The van der Waals surface area contributed by atoms with Crippen LogP contribution in [0.25, 0.3) is 0 Å². The Bertz CT molecular complexity index is 262. The van der Waals surface area contributed by atoms with Crippen LogP contribution >= 0.6 is 0 Å². The third-order valence-corrected chi connectivity index (χ3v) is 4.01. The van der Waals surface area contributed by atoms with E-state index in [1.54, 1.807) is 0 Å². The Kier molecular flexibility index (Phi) is 3.89. The molecule has 0 aromatic heterocycles. The van der Waals surface area contributed by atoms with Crippen LogP contribution in [0.2, 0.25) is 0 Å². The van der Waals surface area contributed by atoms with Crippen molar-refractivity contribution in [2.45, 2.75) is 69.6 Å². The van der Waals surface area contributed by atoms with Crippen molar-refractivity contribution < 1.29 is 4.74 Å². The van der Waals surface area contributed by atoms with Gasteiger partial charge in [-0.3, -0.25) is 0 Å². The monoisotopic (exact) mass is 221 g/mol. The first-order valence-electron chi connectivity index (χ1n) is 6.61. The maximum absolute atomic E-state index is 6.25. The molecule has 1 N–H and O–H groups in total. The molecule has 90 valence electrons. The maximum Gasteiger partial charge on any atom is 0.0708 e. The van der Waals surface area contributed by atoms with E-state index in [9.17, 15) is 0 Å². The van der Waals surface area contributed by atoms with Crippen molar-refractivity contribution in [3.8, 4) is 12.3 Å². The minimum absolute atomic E-state index is 0.159. The number of hydrogen-bond acceptors (Lipinski definition) is 2. The van der Waals surface area contributed by atoms with E-state index < -0.39 is 0 Å². The third-order valence-electron chi connectivity index (χ3n) is 4.01. The van der Waals surface area contributed by atoms with Gasteiger partial charge in [-0.05, 0) is 32.6 Å². The Morgan fingerprint density at radius 3 is 2.81 bits per heavy atom. The van der Waals surface area contributed by atoms with Crippen molar-refractivity contribution in [3.05, 3.63) is 0 Å². The molecule has 1 aliphatic heterocycles. The lowest BCUT2D eigenvalue weighted by molar-refractivity contribution is -0.0625. The highest BCUT2D eigenvalue weighted by atomic mass is 16.5. The van der Waals surface area contributed by atoms with Crippen LogP contribution in [0.1, 0.15) is 51.9 Å². The smallest absolute Gasteiger partial charge is 0.0708 e. The van der Waals surface area contributed by atoms with Gasteiger partial charge >= 0.3 is 0 Å². The van der Waals surface area contributed by atoms with Crippen LogP contribution in [0.4, 0.5) is 0 Å². The highest BCUT2D eigenvalue weighted by Gasteiger charge is 2.40. The molecule has 1 saturated carbocycles. The van der Waals surface area contributed by atoms with Crippen molar-refractivity contribution in [1.29, 1.82) is 0 Å². The van der Waals surface area contributed by atoms with Gasteiger partial charge in [-0.1, -0.05) is 25.2 Å². The van der Waals surface area contributed by atoms with Crippen LogP contribution in [0.5, 0.6) is 0 Å². The molecule has 0 amide bonds. The van der Waals surface area contributed by atoms with Gasteiger partial charge in [-0.25, -0.2) is 0 Å². The first-order chi connectivity index (χ1) is 7.74. The first kappa shape index (κ1) is 12.0. The van der Waals surface area contributed by atoms with Crippen molar-refractivity contribution in [1.82, 2.24) is 5.32 Å². The summed E-state index contributed by atoms with van der Waals surface area (Å²) >= 11 is 0. The van der Waals surface area contributed by atoms with Crippen LogP contribution in [-0.4, -0.2) is 24.3 Å². The number of terminal acetylenes is 1. The second kappa shape index (κ2) is 5.21. The molecular weight excluding hydrogens is 198 g/mol. The lowest BCUT2D eigenvalue weighted by Crippen LogP contribution is -2.36. The molecule has 0 radical (unpaired) electrons. The minimum Gasteiger partial charge on any atom is -0.370 e. The van der Waals surface area contributed by atoms with Gasteiger partial charge in [0.15, 0.2) is 0 Å². The zero-order valence-corrected chi connectivity index (χ0v) is 10.3. The summed E-state index contributed by atoms with van der Waals surface area (Å²) < 4.78 is 6.25. The first-order valence-corrected chi connectivity index (χ1v) is 6.61. The van der Waals surface area contributed by atoms with Crippen molar-refractivity contribution in [2.24, 2.45) is 0 Å². The average Bonchev–Trinajstić information content (AvgIpc) is 2.70. The summed E-state index contributed by atoms with van der Waals surface area (Å²) in [5.74, 6) is 2.69. The molecule has 1 saturated heterocycles. The summed E-state index contributed by atoms with van der Waals surface area (Å²) in [6.45, 7) is 2.93. The van der Waals surface area contributed by atoms with Crippen LogP contribution in [0, 0.1) is 12.3 Å². The molecule has 2 aliphatic rings. The second-order valence-corrected chi connectivity index (χ2v) is 5.32. The predicted molar refractivity (Wildman–Crippen MR) is 66.2 cm³/mol. The second-order valence-electron chi connectivity index (χ2n) is 5.32. The highest BCUT2D eigenvalue weighted by Crippen LogP contribution is 2.41. The summed E-state index contributed by atoms with van der Waals surface area (Å²) in [6, 6.07) is 0.159. The zero-order chi connectivity index (χ0) is 11.4. The fraction of sp³-hybridized carbons (Fsp3) is 0.857. The SMILES string of the molecule is C#CC(C)NCC1CCC2(CCCCC2)O1. The Morgan fingerprint density at radius 2 is 2.12 bits per heavy atom. The largest absolute Gasteiger partial charge is 0.370 e. The third kappa shape index (κ3) is 2.78. The molecule has 2 heteroatoms. The molecule has 2 fully saturated rings. The minimum atomic E-state index is 0.159. The highest BCUT2D eigenvalue weighted by molar-refractivity contribution is 4.97. The van der Waals surface area contributed by atoms with E-state index >= 15 is 0 Å². The van der Waals surface area contributed by atoms with Gasteiger partial charge in [0.2, 0.25) is 0 Å². The Hall–Kier alpha value is -0.520. The molecule has 2 atom stereocenters. The topological polar surface area (TPSA) is 21.3 Å². The van der Waals surface area contributed by atoms with Gasteiger partial charge in [0.05, 0.1) is 17.7 Å². The van der Waals surface area contributed by atoms with Gasteiger partial charge in [0.1, 0.15) is 0 Å². The Balaban J connectivity index is 1.77. The van der Waals surface area contributed by atoms with Crippen LogP contribution in [0.15, 0.2) is 0 Å². The number of rotatable bonds is 3. The Morgan fingerprint density at radius 1 is 1.38 bits per heavy atom. The summed E-state index contributed by atoms with van der Waals surface area (Å²) in [5.41, 5.74) is 0.240. The van der Waals surface area contributed by atoms with E-state index in [0.717, 1.165) is 6.54 Å². The normalized spacial score (nSPS) is 30.1. The quantitative estimate of drug-likeness (QED) is 0.739.